The van der Waals surface area contributed by atoms with Crippen LogP contribution in [0, 0.1) is 6.92 Å². The van der Waals surface area contributed by atoms with E-state index in [-0.39, 0.29) is 5.69 Å². The van der Waals surface area contributed by atoms with Gasteiger partial charge in [0.15, 0.2) is 5.69 Å². The molecule has 0 spiro atoms. The number of rotatable bonds is 3. The van der Waals surface area contributed by atoms with E-state index in [0.29, 0.717) is 22.8 Å². The molecule has 0 radical (unpaired) electrons. The van der Waals surface area contributed by atoms with Crippen molar-refractivity contribution in [2.24, 2.45) is 0 Å². The summed E-state index contributed by atoms with van der Waals surface area (Å²) in [6.07, 6.45) is 1.24. The fourth-order valence-corrected chi connectivity index (χ4v) is 1.78. The number of carbonyl (C=O) groups is 2. The van der Waals surface area contributed by atoms with Crippen molar-refractivity contribution in [2.75, 3.05) is 0 Å². The molecule has 0 saturated heterocycles. The molecule has 2 amide bonds. The molecule has 10 heteroatoms. The van der Waals surface area contributed by atoms with Crippen molar-refractivity contribution in [3.63, 3.8) is 0 Å². The van der Waals surface area contributed by atoms with Crippen LogP contribution in [-0.4, -0.2) is 37.4 Å². The van der Waals surface area contributed by atoms with Gasteiger partial charge >= 0.3 is 0 Å². The third-order valence-corrected chi connectivity index (χ3v) is 2.85. The van der Waals surface area contributed by atoms with E-state index in [2.05, 4.69) is 36.4 Å². The Kier molecular flexibility index (Phi) is 3.78. The molecule has 10 nitrogen and oxygen atoms in total. The summed E-state index contributed by atoms with van der Waals surface area (Å²) in [6, 6.07) is 6.60. The summed E-state index contributed by atoms with van der Waals surface area (Å²) in [5.41, 5.74) is 5.53. The first kappa shape index (κ1) is 14.4. The van der Waals surface area contributed by atoms with E-state index in [4.69, 9.17) is 4.52 Å². The highest BCUT2D eigenvalue weighted by atomic mass is 16.5. The lowest BCUT2D eigenvalue weighted by Crippen LogP contribution is -2.41. The van der Waals surface area contributed by atoms with Gasteiger partial charge in [0.2, 0.25) is 11.7 Å². The number of aromatic nitrogens is 5. The minimum Gasteiger partial charge on any atom is -0.339 e. The quantitative estimate of drug-likeness (QED) is 0.588. The summed E-state index contributed by atoms with van der Waals surface area (Å²) < 4.78 is 4.91. The SMILES string of the molecule is Cc1nc(-c2cccc(C(=O)NNC(=O)c3cn[nH]n3)c2)no1. The van der Waals surface area contributed by atoms with Crippen molar-refractivity contribution < 1.29 is 14.1 Å². The van der Waals surface area contributed by atoms with Gasteiger partial charge < -0.3 is 4.52 Å². The van der Waals surface area contributed by atoms with Crippen LogP contribution in [0.1, 0.15) is 26.7 Å². The summed E-state index contributed by atoms with van der Waals surface area (Å²) >= 11 is 0. The van der Waals surface area contributed by atoms with Crippen molar-refractivity contribution in [3.05, 3.63) is 47.6 Å². The van der Waals surface area contributed by atoms with E-state index in [1.807, 2.05) is 0 Å². The lowest BCUT2D eigenvalue weighted by Gasteiger charge is -2.06. The maximum absolute atomic E-state index is 12.1. The molecule has 2 aromatic heterocycles. The number of aryl methyl sites for hydroxylation is 1. The maximum atomic E-state index is 12.1. The molecule has 0 unspecified atom stereocenters. The van der Waals surface area contributed by atoms with E-state index in [0.717, 1.165) is 0 Å². The summed E-state index contributed by atoms with van der Waals surface area (Å²) in [5.74, 6) is -0.278. The molecular formula is C13H11N7O3. The molecule has 0 aliphatic carbocycles. The molecule has 0 fully saturated rings. The largest absolute Gasteiger partial charge is 0.339 e. The van der Waals surface area contributed by atoms with Crippen molar-refractivity contribution in [1.29, 1.82) is 0 Å². The van der Waals surface area contributed by atoms with Crippen LogP contribution in [0.4, 0.5) is 0 Å². The second-order valence-electron chi connectivity index (χ2n) is 4.48. The third-order valence-electron chi connectivity index (χ3n) is 2.85. The van der Waals surface area contributed by atoms with Crippen LogP contribution < -0.4 is 10.9 Å². The Morgan fingerprint density at radius 3 is 2.74 bits per heavy atom. The molecule has 116 valence electrons. The van der Waals surface area contributed by atoms with Gasteiger partial charge in [-0.05, 0) is 12.1 Å². The zero-order valence-electron chi connectivity index (χ0n) is 11.9. The number of hydrogen-bond acceptors (Lipinski definition) is 7. The van der Waals surface area contributed by atoms with E-state index in [1.165, 1.54) is 6.20 Å². The second-order valence-corrected chi connectivity index (χ2v) is 4.48. The Balaban J connectivity index is 1.69. The van der Waals surface area contributed by atoms with Crippen LogP contribution in [-0.2, 0) is 0 Å². The molecule has 1 aromatic carbocycles. The smallest absolute Gasteiger partial charge is 0.291 e. The standard InChI is InChI=1S/C13H11N7O3/c1-7-15-11(19-23-7)8-3-2-4-9(5-8)12(21)17-18-13(22)10-6-14-20-16-10/h2-6H,1H3,(H,17,21)(H,18,22)(H,14,16,20). The van der Waals surface area contributed by atoms with Crippen LogP contribution in [0.3, 0.4) is 0 Å². The number of nitrogens with zero attached hydrogens (tertiary/aromatic N) is 4. The van der Waals surface area contributed by atoms with Crippen LogP contribution in [0.5, 0.6) is 0 Å². The summed E-state index contributed by atoms with van der Waals surface area (Å²) in [7, 11) is 0. The maximum Gasteiger partial charge on any atom is 0.291 e. The number of hydrazine groups is 1. The number of carbonyl (C=O) groups excluding carboxylic acids is 2. The van der Waals surface area contributed by atoms with Gasteiger partial charge in [-0.15, -0.1) is 0 Å². The zero-order valence-corrected chi connectivity index (χ0v) is 11.9. The number of nitrogens with one attached hydrogen (secondary N) is 3. The summed E-state index contributed by atoms with van der Waals surface area (Å²) in [4.78, 5) is 27.8. The van der Waals surface area contributed by atoms with Gasteiger partial charge in [-0.2, -0.15) is 20.4 Å². The topological polar surface area (TPSA) is 139 Å². The number of benzene rings is 1. The van der Waals surface area contributed by atoms with E-state index < -0.39 is 11.8 Å². The average molecular weight is 313 g/mol. The van der Waals surface area contributed by atoms with Crippen LogP contribution in [0.25, 0.3) is 11.4 Å². The molecule has 23 heavy (non-hydrogen) atoms. The average Bonchev–Trinajstić information content (AvgIpc) is 3.24. The summed E-state index contributed by atoms with van der Waals surface area (Å²) in [6.45, 7) is 1.67. The molecule has 3 rings (SSSR count). The lowest BCUT2D eigenvalue weighted by molar-refractivity contribution is 0.0844. The Morgan fingerprint density at radius 1 is 1.22 bits per heavy atom. The first-order valence-corrected chi connectivity index (χ1v) is 6.50. The molecule has 0 atom stereocenters. The van der Waals surface area contributed by atoms with Crippen LogP contribution >= 0.6 is 0 Å². The van der Waals surface area contributed by atoms with Gasteiger partial charge in [-0.25, -0.2) is 0 Å². The monoisotopic (exact) mass is 313 g/mol. The van der Waals surface area contributed by atoms with Crippen molar-refractivity contribution in [1.82, 2.24) is 36.4 Å². The first-order valence-electron chi connectivity index (χ1n) is 6.50. The van der Waals surface area contributed by atoms with Crippen molar-refractivity contribution in [3.8, 4) is 11.4 Å². The summed E-state index contributed by atoms with van der Waals surface area (Å²) in [5, 5.41) is 13.2. The van der Waals surface area contributed by atoms with E-state index in [1.54, 1.807) is 31.2 Å². The van der Waals surface area contributed by atoms with Gasteiger partial charge in [-0.3, -0.25) is 20.4 Å². The Morgan fingerprint density at radius 2 is 2.04 bits per heavy atom. The van der Waals surface area contributed by atoms with Crippen LogP contribution in [0.2, 0.25) is 0 Å². The molecule has 2 heterocycles. The van der Waals surface area contributed by atoms with E-state index >= 15 is 0 Å². The van der Waals surface area contributed by atoms with Gasteiger partial charge in [0, 0.05) is 18.1 Å². The highest BCUT2D eigenvalue weighted by Crippen LogP contribution is 2.17. The predicted octanol–water partition coefficient (Wildman–Crippen LogP) is 0.238. The molecule has 0 aliphatic rings. The molecule has 3 aromatic rings. The zero-order chi connectivity index (χ0) is 16.2. The molecule has 0 aliphatic heterocycles. The molecular weight excluding hydrogens is 302 g/mol. The van der Waals surface area contributed by atoms with Crippen molar-refractivity contribution >= 4 is 11.8 Å². The minimum atomic E-state index is -0.586. The van der Waals surface area contributed by atoms with Gasteiger partial charge in [-0.1, -0.05) is 17.3 Å². The highest BCUT2D eigenvalue weighted by molar-refractivity contribution is 5.98. The van der Waals surface area contributed by atoms with Gasteiger partial charge in [0.1, 0.15) is 0 Å². The Bertz CT molecular complexity index is 841. The fourth-order valence-electron chi connectivity index (χ4n) is 1.78. The lowest BCUT2D eigenvalue weighted by atomic mass is 10.1. The minimum absolute atomic E-state index is 0.0568. The number of H-pyrrole nitrogens is 1. The van der Waals surface area contributed by atoms with Gasteiger partial charge in [0.05, 0.1) is 6.20 Å². The third kappa shape index (κ3) is 3.20. The number of hydrogen-bond donors (Lipinski definition) is 3. The fraction of sp³-hybridized carbons (Fsp3) is 0.0769. The van der Waals surface area contributed by atoms with Crippen LogP contribution in [0.15, 0.2) is 35.0 Å². The highest BCUT2D eigenvalue weighted by Gasteiger charge is 2.13. The molecule has 0 bridgehead atoms. The number of amides is 2. The number of aromatic amines is 1. The second kappa shape index (κ2) is 6.05. The molecule has 3 N–H and O–H groups in total. The molecule has 0 saturated carbocycles. The predicted molar refractivity (Wildman–Crippen MR) is 75.8 cm³/mol. The van der Waals surface area contributed by atoms with Gasteiger partial charge in [0.25, 0.3) is 11.8 Å². The van der Waals surface area contributed by atoms with E-state index in [9.17, 15) is 9.59 Å². The normalized spacial score (nSPS) is 10.3. The van der Waals surface area contributed by atoms with Crippen molar-refractivity contribution in [2.45, 2.75) is 6.92 Å². The Labute approximate surface area is 129 Å². The Hall–Kier alpha value is -3.56. The first-order chi connectivity index (χ1) is 11.1.